The van der Waals surface area contributed by atoms with Gasteiger partial charge in [0.2, 0.25) is 0 Å². The molecule has 0 amide bonds. The molecule has 3 unspecified atom stereocenters. The van der Waals surface area contributed by atoms with Crippen molar-refractivity contribution in [1.82, 2.24) is 5.32 Å². The van der Waals surface area contributed by atoms with Gasteiger partial charge in [0.15, 0.2) is 0 Å². The standard InChI is InChI=1S/C15H26F3NO/c1-2-19-14(11-6-8-20-9-7-11)12-4-3-5-13(10-12)15(16,17)18/h11-14,19H,2-10H2,1H3. The molecule has 1 saturated heterocycles. The Morgan fingerprint density at radius 1 is 1.10 bits per heavy atom. The molecule has 0 aromatic heterocycles. The van der Waals surface area contributed by atoms with E-state index >= 15 is 0 Å². The van der Waals surface area contributed by atoms with Crippen LogP contribution in [0, 0.1) is 17.8 Å². The summed E-state index contributed by atoms with van der Waals surface area (Å²) in [6.45, 7) is 4.37. The number of hydrogen-bond donors (Lipinski definition) is 1. The maximum absolute atomic E-state index is 13.0. The molecule has 0 bridgehead atoms. The van der Waals surface area contributed by atoms with Crippen molar-refractivity contribution in [3.05, 3.63) is 0 Å². The van der Waals surface area contributed by atoms with Crippen LogP contribution in [0.15, 0.2) is 0 Å². The van der Waals surface area contributed by atoms with Gasteiger partial charge in [-0.1, -0.05) is 13.3 Å². The van der Waals surface area contributed by atoms with E-state index in [4.69, 9.17) is 4.74 Å². The Labute approximate surface area is 119 Å². The van der Waals surface area contributed by atoms with Crippen LogP contribution in [0.3, 0.4) is 0 Å². The summed E-state index contributed by atoms with van der Waals surface area (Å²) in [5.41, 5.74) is 0. The Bertz CT molecular complexity index is 289. The monoisotopic (exact) mass is 293 g/mol. The van der Waals surface area contributed by atoms with Crippen LogP contribution in [0.25, 0.3) is 0 Å². The summed E-state index contributed by atoms with van der Waals surface area (Å²) in [7, 11) is 0. The summed E-state index contributed by atoms with van der Waals surface area (Å²) in [4.78, 5) is 0. The van der Waals surface area contributed by atoms with E-state index in [0.29, 0.717) is 25.2 Å². The van der Waals surface area contributed by atoms with E-state index in [1.165, 1.54) is 0 Å². The van der Waals surface area contributed by atoms with Crippen LogP contribution < -0.4 is 5.32 Å². The summed E-state index contributed by atoms with van der Waals surface area (Å²) in [6, 6.07) is 0.231. The molecule has 0 radical (unpaired) electrons. The van der Waals surface area contributed by atoms with Crippen LogP contribution in [0.2, 0.25) is 0 Å². The molecule has 1 aliphatic carbocycles. The second-order valence-electron chi connectivity index (χ2n) is 6.20. The molecular formula is C15H26F3NO. The fraction of sp³-hybridized carbons (Fsp3) is 1.00. The van der Waals surface area contributed by atoms with Crippen molar-refractivity contribution in [2.45, 2.75) is 57.7 Å². The minimum atomic E-state index is -4.02. The van der Waals surface area contributed by atoms with Crippen molar-refractivity contribution in [2.75, 3.05) is 19.8 Å². The fourth-order valence-corrected chi connectivity index (χ4v) is 3.88. The molecule has 2 aliphatic rings. The highest BCUT2D eigenvalue weighted by Crippen LogP contribution is 2.42. The van der Waals surface area contributed by atoms with Gasteiger partial charge in [-0.3, -0.25) is 0 Å². The Kier molecular flexibility index (Phi) is 5.73. The number of halogens is 3. The lowest BCUT2D eigenvalue weighted by Crippen LogP contribution is -2.46. The Hall–Kier alpha value is -0.290. The summed E-state index contributed by atoms with van der Waals surface area (Å²) in [6.07, 6.45) is 0.188. The number of hydrogen-bond acceptors (Lipinski definition) is 2. The van der Waals surface area contributed by atoms with Crippen molar-refractivity contribution < 1.29 is 17.9 Å². The van der Waals surface area contributed by atoms with Crippen LogP contribution >= 0.6 is 0 Å². The molecule has 118 valence electrons. The summed E-state index contributed by atoms with van der Waals surface area (Å²) < 4.78 is 44.3. The lowest BCUT2D eigenvalue weighted by Gasteiger charge is -2.40. The fourth-order valence-electron chi connectivity index (χ4n) is 3.88. The van der Waals surface area contributed by atoms with Gasteiger partial charge in [-0.05, 0) is 50.5 Å². The van der Waals surface area contributed by atoms with Gasteiger partial charge in [0, 0.05) is 19.3 Å². The van der Waals surface area contributed by atoms with Gasteiger partial charge in [0.25, 0.3) is 0 Å². The van der Waals surface area contributed by atoms with E-state index in [0.717, 1.165) is 39.0 Å². The lowest BCUT2D eigenvalue weighted by molar-refractivity contribution is -0.187. The molecule has 1 aliphatic heterocycles. The van der Waals surface area contributed by atoms with Crippen molar-refractivity contribution in [1.29, 1.82) is 0 Å². The predicted molar refractivity (Wildman–Crippen MR) is 72.5 cm³/mol. The van der Waals surface area contributed by atoms with E-state index in [-0.39, 0.29) is 12.0 Å². The number of ether oxygens (including phenoxy) is 1. The maximum atomic E-state index is 13.0. The normalized spacial score (nSPS) is 31.2. The molecule has 2 nitrogen and oxygen atoms in total. The predicted octanol–water partition coefficient (Wildman–Crippen LogP) is 3.76. The second kappa shape index (κ2) is 7.12. The molecule has 0 aromatic rings. The number of alkyl halides is 3. The van der Waals surface area contributed by atoms with Crippen LogP contribution in [0.1, 0.15) is 45.4 Å². The molecule has 1 heterocycles. The highest BCUT2D eigenvalue weighted by atomic mass is 19.4. The molecule has 0 spiro atoms. The molecule has 2 rings (SSSR count). The maximum Gasteiger partial charge on any atom is 0.391 e. The van der Waals surface area contributed by atoms with Gasteiger partial charge in [-0.25, -0.2) is 0 Å². The Morgan fingerprint density at radius 3 is 2.40 bits per heavy atom. The van der Waals surface area contributed by atoms with Gasteiger partial charge in [-0.15, -0.1) is 0 Å². The second-order valence-corrected chi connectivity index (χ2v) is 6.20. The van der Waals surface area contributed by atoms with E-state index in [1.807, 2.05) is 6.92 Å². The van der Waals surface area contributed by atoms with Crippen molar-refractivity contribution in [3.63, 3.8) is 0 Å². The molecule has 1 N–H and O–H groups in total. The quantitative estimate of drug-likeness (QED) is 0.852. The topological polar surface area (TPSA) is 21.3 Å². The first-order chi connectivity index (χ1) is 9.52. The Balaban J connectivity index is 2.00. The van der Waals surface area contributed by atoms with E-state index in [1.54, 1.807) is 0 Å². The molecule has 20 heavy (non-hydrogen) atoms. The minimum absolute atomic E-state index is 0.165. The number of rotatable bonds is 4. The minimum Gasteiger partial charge on any atom is -0.381 e. The van der Waals surface area contributed by atoms with Crippen LogP contribution in [-0.2, 0) is 4.74 Å². The van der Waals surface area contributed by atoms with Gasteiger partial charge < -0.3 is 10.1 Å². The summed E-state index contributed by atoms with van der Waals surface area (Å²) >= 11 is 0. The molecule has 0 aromatic carbocycles. The first-order valence-corrected chi connectivity index (χ1v) is 7.90. The molecule has 1 saturated carbocycles. The zero-order valence-corrected chi connectivity index (χ0v) is 12.2. The van der Waals surface area contributed by atoms with Gasteiger partial charge in [-0.2, -0.15) is 13.2 Å². The largest absolute Gasteiger partial charge is 0.391 e. The Morgan fingerprint density at radius 2 is 1.80 bits per heavy atom. The first-order valence-electron chi connectivity index (χ1n) is 7.90. The number of nitrogens with one attached hydrogen (secondary N) is 1. The molecule has 3 atom stereocenters. The highest BCUT2D eigenvalue weighted by Gasteiger charge is 2.44. The molecule has 2 fully saturated rings. The molecular weight excluding hydrogens is 267 g/mol. The third kappa shape index (κ3) is 4.10. The smallest absolute Gasteiger partial charge is 0.381 e. The van der Waals surface area contributed by atoms with E-state index in [2.05, 4.69) is 5.32 Å². The zero-order valence-electron chi connectivity index (χ0n) is 12.2. The summed E-state index contributed by atoms with van der Waals surface area (Å²) in [5, 5.41) is 3.47. The lowest BCUT2D eigenvalue weighted by atomic mass is 9.72. The first kappa shape index (κ1) is 16.1. The third-order valence-electron chi connectivity index (χ3n) is 4.90. The van der Waals surface area contributed by atoms with Crippen LogP contribution in [0.4, 0.5) is 13.2 Å². The van der Waals surface area contributed by atoms with Crippen molar-refractivity contribution >= 4 is 0 Å². The van der Waals surface area contributed by atoms with Crippen molar-refractivity contribution in [2.24, 2.45) is 17.8 Å². The summed E-state index contributed by atoms with van der Waals surface area (Å²) in [5.74, 6) is -0.457. The van der Waals surface area contributed by atoms with Crippen LogP contribution in [-0.4, -0.2) is 32.0 Å². The highest BCUT2D eigenvalue weighted by molar-refractivity contribution is 4.89. The average molecular weight is 293 g/mol. The SMILES string of the molecule is CCNC(C1CCOCC1)C1CCCC(C(F)(F)F)C1. The van der Waals surface area contributed by atoms with Gasteiger partial charge in [0.05, 0.1) is 5.92 Å². The molecule has 5 heteroatoms. The van der Waals surface area contributed by atoms with Crippen LogP contribution in [0.5, 0.6) is 0 Å². The van der Waals surface area contributed by atoms with Gasteiger partial charge >= 0.3 is 6.18 Å². The van der Waals surface area contributed by atoms with Gasteiger partial charge in [0.1, 0.15) is 0 Å². The average Bonchev–Trinajstić information content (AvgIpc) is 2.45. The zero-order chi connectivity index (χ0) is 14.6. The van der Waals surface area contributed by atoms with Crippen molar-refractivity contribution in [3.8, 4) is 0 Å². The van der Waals surface area contributed by atoms with E-state index in [9.17, 15) is 13.2 Å². The third-order valence-corrected chi connectivity index (χ3v) is 4.90. The van der Waals surface area contributed by atoms with E-state index < -0.39 is 12.1 Å².